The molecule has 1 rings (SSSR count). The molecule has 1 unspecified atom stereocenters. The van der Waals surface area contributed by atoms with Gasteiger partial charge in [-0.15, -0.1) is 0 Å². The van der Waals surface area contributed by atoms with Crippen molar-refractivity contribution in [2.45, 2.75) is 58.5 Å². The molecule has 3 heteroatoms. The van der Waals surface area contributed by atoms with Crippen LogP contribution in [0.15, 0.2) is 0 Å². The zero-order valence-corrected chi connectivity index (χ0v) is 9.69. The fourth-order valence-corrected chi connectivity index (χ4v) is 1.96. The Hall–Kier alpha value is -0.120. The number of rotatable bonds is 1. The first-order valence-corrected chi connectivity index (χ1v) is 5.31. The summed E-state index contributed by atoms with van der Waals surface area (Å²) in [7, 11) is 0. The fraction of sp³-hybridized carbons (Fsp3) is 1.00. The van der Waals surface area contributed by atoms with E-state index in [0.29, 0.717) is 0 Å². The molecule has 0 aromatic rings. The molecule has 0 saturated carbocycles. The van der Waals surface area contributed by atoms with Crippen molar-refractivity contribution in [1.82, 2.24) is 0 Å². The van der Waals surface area contributed by atoms with Gasteiger partial charge in [-0.2, -0.15) is 0 Å². The largest absolute Gasteiger partial charge is 0.390 e. The van der Waals surface area contributed by atoms with E-state index >= 15 is 0 Å². The summed E-state index contributed by atoms with van der Waals surface area (Å²) in [6.45, 7) is 9.81. The Kier molecular flexibility index (Phi) is 3.24. The molecule has 0 spiro atoms. The number of aliphatic hydroxyl groups is 2. The third-order valence-electron chi connectivity index (χ3n) is 3.39. The van der Waals surface area contributed by atoms with Gasteiger partial charge in [0.25, 0.3) is 0 Å². The summed E-state index contributed by atoms with van der Waals surface area (Å²) in [6, 6.07) is 0. The van der Waals surface area contributed by atoms with Gasteiger partial charge in [-0.3, -0.25) is 0 Å². The van der Waals surface area contributed by atoms with Crippen LogP contribution >= 0.6 is 0 Å². The SMILES string of the molecule is CC(C)[C@@H]1OC(C)(C)[C@@H](C)[C@H](O)C1O. The van der Waals surface area contributed by atoms with Gasteiger partial charge in [0.2, 0.25) is 0 Å². The van der Waals surface area contributed by atoms with Crippen molar-refractivity contribution >= 4 is 0 Å². The second-order valence-corrected chi connectivity index (χ2v) is 5.20. The van der Waals surface area contributed by atoms with Crippen molar-refractivity contribution in [3.05, 3.63) is 0 Å². The quantitative estimate of drug-likeness (QED) is 0.671. The van der Waals surface area contributed by atoms with Crippen molar-refractivity contribution in [1.29, 1.82) is 0 Å². The van der Waals surface area contributed by atoms with E-state index in [1.807, 2.05) is 34.6 Å². The summed E-state index contributed by atoms with van der Waals surface area (Å²) in [5.74, 6) is 0.166. The number of aliphatic hydroxyl groups excluding tert-OH is 2. The molecule has 1 aliphatic rings. The summed E-state index contributed by atoms with van der Waals surface area (Å²) in [5, 5.41) is 19.7. The van der Waals surface area contributed by atoms with Gasteiger partial charge in [0, 0.05) is 5.92 Å². The molecule has 1 aliphatic heterocycles. The second kappa shape index (κ2) is 3.80. The lowest BCUT2D eigenvalue weighted by molar-refractivity contribution is -0.242. The maximum atomic E-state index is 9.87. The fourth-order valence-electron chi connectivity index (χ4n) is 1.96. The van der Waals surface area contributed by atoms with Gasteiger partial charge in [-0.25, -0.2) is 0 Å². The van der Waals surface area contributed by atoms with E-state index in [0.717, 1.165) is 0 Å². The standard InChI is InChI=1S/C11H22O3/c1-6(2)10-9(13)8(12)7(3)11(4,5)14-10/h6-10,12-13H,1-5H3/t7-,8-,9?,10-/m0/s1. The Bertz CT molecular complexity index is 199. The summed E-state index contributed by atoms with van der Waals surface area (Å²) in [4.78, 5) is 0. The zero-order chi connectivity index (χ0) is 11.1. The van der Waals surface area contributed by atoms with Gasteiger partial charge in [0.1, 0.15) is 6.10 Å². The van der Waals surface area contributed by atoms with Gasteiger partial charge >= 0.3 is 0 Å². The molecule has 0 aromatic heterocycles. The highest BCUT2D eigenvalue weighted by atomic mass is 16.5. The minimum Gasteiger partial charge on any atom is -0.390 e. The normalized spacial score (nSPS) is 42.9. The minimum absolute atomic E-state index is 0.0486. The molecule has 84 valence electrons. The molecule has 14 heavy (non-hydrogen) atoms. The predicted molar refractivity (Wildman–Crippen MR) is 55.0 cm³/mol. The number of hydrogen-bond donors (Lipinski definition) is 2. The van der Waals surface area contributed by atoms with Crippen molar-refractivity contribution in [3.63, 3.8) is 0 Å². The van der Waals surface area contributed by atoms with Gasteiger partial charge in [-0.1, -0.05) is 20.8 Å². The molecule has 0 aromatic carbocycles. The van der Waals surface area contributed by atoms with Crippen molar-refractivity contribution in [2.24, 2.45) is 11.8 Å². The predicted octanol–water partition coefficient (Wildman–Crippen LogP) is 1.18. The highest BCUT2D eigenvalue weighted by molar-refractivity contribution is 4.95. The molecule has 0 amide bonds. The molecule has 1 saturated heterocycles. The van der Waals surface area contributed by atoms with E-state index < -0.39 is 12.2 Å². The molecular formula is C11H22O3. The van der Waals surface area contributed by atoms with Crippen LogP contribution in [0.1, 0.15) is 34.6 Å². The van der Waals surface area contributed by atoms with Crippen LogP contribution in [0.4, 0.5) is 0 Å². The van der Waals surface area contributed by atoms with Crippen molar-refractivity contribution in [2.75, 3.05) is 0 Å². The third-order valence-corrected chi connectivity index (χ3v) is 3.39. The maximum absolute atomic E-state index is 9.87. The second-order valence-electron chi connectivity index (χ2n) is 5.20. The van der Waals surface area contributed by atoms with Crippen LogP contribution in [-0.4, -0.2) is 34.1 Å². The van der Waals surface area contributed by atoms with E-state index in [4.69, 9.17) is 4.74 Å². The Labute approximate surface area is 86.1 Å². The van der Waals surface area contributed by atoms with Crippen LogP contribution in [0, 0.1) is 11.8 Å². The lowest BCUT2D eigenvalue weighted by Gasteiger charge is -2.48. The van der Waals surface area contributed by atoms with Gasteiger partial charge in [0.15, 0.2) is 0 Å². The van der Waals surface area contributed by atoms with Crippen LogP contribution in [0.25, 0.3) is 0 Å². The average molecular weight is 202 g/mol. The van der Waals surface area contributed by atoms with E-state index in [1.165, 1.54) is 0 Å². The average Bonchev–Trinajstić information content (AvgIpc) is 2.08. The van der Waals surface area contributed by atoms with Gasteiger partial charge in [0.05, 0.1) is 17.8 Å². The summed E-state index contributed by atoms with van der Waals surface area (Å²) in [6.07, 6.45) is -1.72. The van der Waals surface area contributed by atoms with Crippen molar-refractivity contribution < 1.29 is 14.9 Å². The van der Waals surface area contributed by atoms with E-state index in [1.54, 1.807) is 0 Å². The monoisotopic (exact) mass is 202 g/mol. The smallest absolute Gasteiger partial charge is 0.107 e. The first-order chi connectivity index (χ1) is 6.27. The summed E-state index contributed by atoms with van der Waals surface area (Å²) >= 11 is 0. The lowest BCUT2D eigenvalue weighted by Crippen LogP contribution is -2.59. The Morgan fingerprint density at radius 2 is 1.64 bits per heavy atom. The number of hydrogen-bond acceptors (Lipinski definition) is 3. The molecule has 1 fully saturated rings. The van der Waals surface area contributed by atoms with Crippen LogP contribution in [0.3, 0.4) is 0 Å². The minimum atomic E-state index is -0.766. The Morgan fingerprint density at radius 1 is 1.14 bits per heavy atom. The molecule has 0 bridgehead atoms. The molecule has 1 heterocycles. The Balaban J connectivity index is 2.85. The highest BCUT2D eigenvalue weighted by Crippen LogP contribution is 2.36. The van der Waals surface area contributed by atoms with Gasteiger partial charge in [-0.05, 0) is 19.8 Å². The first kappa shape index (κ1) is 12.0. The summed E-state index contributed by atoms with van der Waals surface area (Å²) in [5.41, 5.74) is -0.367. The Morgan fingerprint density at radius 3 is 2.07 bits per heavy atom. The third kappa shape index (κ3) is 1.95. The van der Waals surface area contributed by atoms with Crippen LogP contribution in [0.5, 0.6) is 0 Å². The molecule has 3 nitrogen and oxygen atoms in total. The zero-order valence-electron chi connectivity index (χ0n) is 9.69. The van der Waals surface area contributed by atoms with Gasteiger partial charge < -0.3 is 14.9 Å². The van der Waals surface area contributed by atoms with Crippen molar-refractivity contribution in [3.8, 4) is 0 Å². The van der Waals surface area contributed by atoms with Crippen LogP contribution < -0.4 is 0 Å². The highest BCUT2D eigenvalue weighted by Gasteiger charge is 2.47. The summed E-state index contributed by atoms with van der Waals surface area (Å²) < 4.78 is 5.82. The van der Waals surface area contributed by atoms with E-state index in [9.17, 15) is 10.2 Å². The topological polar surface area (TPSA) is 49.7 Å². The van der Waals surface area contributed by atoms with Crippen LogP contribution in [0.2, 0.25) is 0 Å². The lowest BCUT2D eigenvalue weighted by atomic mass is 9.78. The number of ether oxygens (including phenoxy) is 1. The molecule has 0 aliphatic carbocycles. The maximum Gasteiger partial charge on any atom is 0.107 e. The molecule has 4 atom stereocenters. The van der Waals surface area contributed by atoms with Crippen LogP contribution in [-0.2, 0) is 4.74 Å². The molecular weight excluding hydrogens is 180 g/mol. The molecule has 0 radical (unpaired) electrons. The first-order valence-electron chi connectivity index (χ1n) is 5.31. The van der Waals surface area contributed by atoms with E-state index in [-0.39, 0.29) is 23.5 Å². The van der Waals surface area contributed by atoms with E-state index in [2.05, 4.69) is 0 Å². The molecule has 2 N–H and O–H groups in total.